The van der Waals surface area contributed by atoms with Gasteiger partial charge in [0, 0.05) is 11.8 Å². The van der Waals surface area contributed by atoms with Gasteiger partial charge in [0.25, 0.3) is 0 Å². The molecule has 3 heterocycles. The van der Waals surface area contributed by atoms with Crippen LogP contribution in [0.3, 0.4) is 0 Å². The van der Waals surface area contributed by atoms with Crippen molar-refractivity contribution in [1.29, 1.82) is 0 Å². The maximum atomic E-state index is 13.2. The van der Waals surface area contributed by atoms with Crippen molar-refractivity contribution in [3.05, 3.63) is 72.4 Å². The zero-order valence-corrected chi connectivity index (χ0v) is 14.1. The number of aromatic nitrogens is 6. The highest BCUT2D eigenvalue weighted by atomic mass is 19.4. The van der Waals surface area contributed by atoms with Gasteiger partial charge in [-0.1, -0.05) is 17.3 Å². The minimum atomic E-state index is -4.48. The molecule has 3 aromatic heterocycles. The van der Waals surface area contributed by atoms with Crippen molar-refractivity contribution in [2.75, 3.05) is 0 Å². The van der Waals surface area contributed by atoms with Gasteiger partial charge in [0.2, 0.25) is 0 Å². The Kier molecular flexibility index (Phi) is 3.98. The lowest BCUT2D eigenvalue weighted by Crippen LogP contribution is -2.13. The molecular formula is C18H13F3N6. The minimum Gasteiger partial charge on any atom is -0.262 e. The van der Waals surface area contributed by atoms with Crippen LogP contribution in [0.1, 0.15) is 11.4 Å². The van der Waals surface area contributed by atoms with E-state index in [1.165, 1.54) is 6.92 Å². The molecule has 0 radical (unpaired) electrons. The van der Waals surface area contributed by atoms with Crippen molar-refractivity contribution >= 4 is 0 Å². The van der Waals surface area contributed by atoms with Gasteiger partial charge < -0.3 is 0 Å². The standard InChI is InChI=1S/C18H13F3N6/c1-12-9-17(18(19,20)21)27(24-12)14-6-4-13(5-7-14)16-11-26(25-23-16)15-3-2-8-22-10-15/h2-11H,1H3. The Bertz CT molecular complexity index is 1060. The Balaban J connectivity index is 1.65. The second kappa shape index (κ2) is 6.35. The van der Waals surface area contributed by atoms with Gasteiger partial charge in [-0.2, -0.15) is 18.3 Å². The van der Waals surface area contributed by atoms with Crippen molar-refractivity contribution in [1.82, 2.24) is 29.8 Å². The molecule has 4 rings (SSSR count). The second-order valence-corrected chi connectivity index (χ2v) is 5.89. The fourth-order valence-electron chi connectivity index (χ4n) is 2.68. The second-order valence-electron chi connectivity index (χ2n) is 5.89. The number of hydrogen-bond acceptors (Lipinski definition) is 4. The SMILES string of the molecule is Cc1cc(C(F)(F)F)n(-c2ccc(-c3cn(-c4cccnc4)nn3)cc2)n1. The Morgan fingerprint density at radius 1 is 1.00 bits per heavy atom. The lowest BCUT2D eigenvalue weighted by Gasteiger charge is -2.10. The first kappa shape index (κ1) is 17.0. The molecular weight excluding hydrogens is 357 g/mol. The van der Waals surface area contributed by atoms with Crippen LogP contribution in [-0.4, -0.2) is 29.8 Å². The van der Waals surface area contributed by atoms with Crippen LogP contribution in [0, 0.1) is 6.92 Å². The van der Waals surface area contributed by atoms with E-state index in [2.05, 4.69) is 20.4 Å². The summed E-state index contributed by atoms with van der Waals surface area (Å²) in [6.07, 6.45) is 0.560. The number of nitrogens with zero attached hydrogens (tertiary/aromatic N) is 6. The van der Waals surface area contributed by atoms with Crippen LogP contribution >= 0.6 is 0 Å². The third-order valence-electron chi connectivity index (χ3n) is 3.93. The Morgan fingerprint density at radius 3 is 2.44 bits per heavy atom. The summed E-state index contributed by atoms with van der Waals surface area (Å²) >= 11 is 0. The highest BCUT2D eigenvalue weighted by molar-refractivity contribution is 5.60. The van der Waals surface area contributed by atoms with Crippen LogP contribution < -0.4 is 0 Å². The van der Waals surface area contributed by atoms with Crippen molar-refractivity contribution in [3.63, 3.8) is 0 Å². The van der Waals surface area contributed by atoms with Crippen molar-refractivity contribution < 1.29 is 13.2 Å². The van der Waals surface area contributed by atoms with Crippen LogP contribution in [0.5, 0.6) is 0 Å². The van der Waals surface area contributed by atoms with E-state index in [0.717, 1.165) is 22.0 Å². The average molecular weight is 370 g/mol. The monoisotopic (exact) mass is 370 g/mol. The highest BCUT2D eigenvalue weighted by Gasteiger charge is 2.35. The molecule has 4 aromatic rings. The third-order valence-corrected chi connectivity index (χ3v) is 3.93. The fraction of sp³-hybridized carbons (Fsp3) is 0.111. The van der Waals surface area contributed by atoms with Crippen LogP contribution in [-0.2, 0) is 6.18 Å². The number of benzene rings is 1. The predicted molar refractivity (Wildman–Crippen MR) is 91.5 cm³/mol. The van der Waals surface area contributed by atoms with E-state index in [9.17, 15) is 13.2 Å². The minimum absolute atomic E-state index is 0.297. The highest BCUT2D eigenvalue weighted by Crippen LogP contribution is 2.32. The number of pyridine rings is 1. The van der Waals surface area contributed by atoms with Gasteiger partial charge >= 0.3 is 6.18 Å². The van der Waals surface area contributed by atoms with Gasteiger partial charge in [-0.25, -0.2) is 9.36 Å². The van der Waals surface area contributed by atoms with Crippen molar-refractivity contribution in [2.45, 2.75) is 13.1 Å². The molecule has 1 aromatic carbocycles. The number of alkyl halides is 3. The van der Waals surface area contributed by atoms with E-state index < -0.39 is 11.9 Å². The summed E-state index contributed by atoms with van der Waals surface area (Å²) in [5.41, 5.74) is 1.89. The molecule has 0 bridgehead atoms. The van der Waals surface area contributed by atoms with Crippen molar-refractivity contribution in [2.24, 2.45) is 0 Å². The third kappa shape index (κ3) is 3.31. The molecule has 0 aliphatic heterocycles. The maximum Gasteiger partial charge on any atom is 0.433 e. The largest absolute Gasteiger partial charge is 0.433 e. The van der Waals surface area contributed by atoms with Gasteiger partial charge in [0.1, 0.15) is 11.4 Å². The molecule has 0 saturated carbocycles. The molecule has 0 N–H and O–H groups in total. The quantitative estimate of drug-likeness (QED) is 0.550. The predicted octanol–water partition coefficient (Wildman–Crippen LogP) is 3.84. The lowest BCUT2D eigenvalue weighted by molar-refractivity contribution is -0.142. The molecule has 0 aliphatic carbocycles. The summed E-state index contributed by atoms with van der Waals surface area (Å²) < 4.78 is 42.0. The van der Waals surface area contributed by atoms with Gasteiger partial charge in [0.15, 0.2) is 0 Å². The smallest absolute Gasteiger partial charge is 0.262 e. The summed E-state index contributed by atoms with van der Waals surface area (Å²) in [5.74, 6) is 0. The van der Waals surface area contributed by atoms with Gasteiger partial charge in [-0.15, -0.1) is 5.10 Å². The number of rotatable bonds is 3. The summed E-state index contributed by atoms with van der Waals surface area (Å²) in [4.78, 5) is 4.03. The molecule has 0 saturated heterocycles. The van der Waals surface area contributed by atoms with Crippen LogP contribution in [0.4, 0.5) is 13.2 Å². The molecule has 0 spiro atoms. The first-order valence-corrected chi connectivity index (χ1v) is 7.99. The topological polar surface area (TPSA) is 61.4 Å². The summed E-state index contributed by atoms with van der Waals surface area (Å²) in [7, 11) is 0. The molecule has 0 aliphatic rings. The van der Waals surface area contributed by atoms with E-state index in [4.69, 9.17) is 0 Å². The zero-order valence-electron chi connectivity index (χ0n) is 14.1. The molecule has 136 valence electrons. The summed E-state index contributed by atoms with van der Waals surface area (Å²) in [5, 5.41) is 12.1. The molecule has 0 atom stereocenters. The molecule has 9 heteroatoms. The van der Waals surface area contributed by atoms with E-state index in [0.29, 0.717) is 17.1 Å². The number of halogens is 3. The lowest BCUT2D eigenvalue weighted by atomic mass is 10.1. The van der Waals surface area contributed by atoms with Gasteiger partial charge in [-0.3, -0.25) is 4.98 Å². The van der Waals surface area contributed by atoms with Gasteiger partial charge in [-0.05, 0) is 37.3 Å². The number of hydrogen-bond donors (Lipinski definition) is 0. The van der Waals surface area contributed by atoms with Crippen LogP contribution in [0.25, 0.3) is 22.6 Å². The first-order valence-electron chi connectivity index (χ1n) is 7.99. The normalized spacial score (nSPS) is 11.7. The van der Waals surface area contributed by atoms with Gasteiger partial charge in [0.05, 0.1) is 29.5 Å². The Morgan fingerprint density at radius 2 is 1.78 bits per heavy atom. The number of aryl methyl sites for hydroxylation is 1. The molecule has 0 fully saturated rings. The molecule has 0 amide bonds. The summed E-state index contributed by atoms with van der Waals surface area (Å²) in [6, 6.07) is 11.2. The van der Waals surface area contributed by atoms with E-state index >= 15 is 0 Å². The zero-order chi connectivity index (χ0) is 19.0. The van der Waals surface area contributed by atoms with E-state index in [-0.39, 0.29) is 0 Å². The Hall–Kier alpha value is -3.49. The molecule has 27 heavy (non-hydrogen) atoms. The Labute approximate surface area is 151 Å². The molecule has 0 unspecified atom stereocenters. The summed E-state index contributed by atoms with van der Waals surface area (Å²) in [6.45, 7) is 1.52. The van der Waals surface area contributed by atoms with Crippen molar-refractivity contribution in [3.8, 4) is 22.6 Å². The van der Waals surface area contributed by atoms with Crippen LogP contribution in [0.15, 0.2) is 61.1 Å². The van der Waals surface area contributed by atoms with E-state index in [1.807, 2.05) is 6.07 Å². The maximum absolute atomic E-state index is 13.2. The molecule has 6 nitrogen and oxygen atoms in total. The first-order chi connectivity index (χ1) is 12.9. The van der Waals surface area contributed by atoms with Crippen LogP contribution in [0.2, 0.25) is 0 Å². The fourth-order valence-corrected chi connectivity index (χ4v) is 2.68. The average Bonchev–Trinajstić information content (AvgIpc) is 3.29. The van der Waals surface area contributed by atoms with E-state index in [1.54, 1.807) is 53.6 Å².